The molecule has 1 amide bonds. The smallest absolute Gasteiger partial charge is 0.280 e. The van der Waals surface area contributed by atoms with Crippen LogP contribution in [0.3, 0.4) is 0 Å². The van der Waals surface area contributed by atoms with Gasteiger partial charge in [-0.3, -0.25) is 19.7 Å². The van der Waals surface area contributed by atoms with Crippen LogP contribution in [-0.4, -0.2) is 17.1 Å². The summed E-state index contributed by atoms with van der Waals surface area (Å²) in [6.45, 7) is 0. The van der Waals surface area contributed by atoms with Crippen molar-refractivity contribution in [3.05, 3.63) is 51.8 Å². The highest BCUT2D eigenvalue weighted by Gasteiger charge is 2.19. The summed E-state index contributed by atoms with van der Waals surface area (Å²) in [5.41, 5.74) is 5.09. The van der Waals surface area contributed by atoms with Crippen LogP contribution in [0.4, 0.5) is 5.69 Å². The number of furan rings is 1. The van der Waals surface area contributed by atoms with Crippen LogP contribution >= 0.6 is 0 Å². The normalized spacial score (nSPS) is 10.1. The lowest BCUT2D eigenvalue weighted by atomic mass is 10.1. The van der Waals surface area contributed by atoms with Crippen molar-refractivity contribution < 1.29 is 18.9 Å². The van der Waals surface area contributed by atoms with Crippen molar-refractivity contribution >= 4 is 17.9 Å². The van der Waals surface area contributed by atoms with E-state index in [0.717, 1.165) is 0 Å². The third-order valence-electron chi connectivity index (χ3n) is 2.49. The second-order valence-corrected chi connectivity index (χ2v) is 3.67. The molecule has 7 heteroatoms. The van der Waals surface area contributed by atoms with E-state index in [1.54, 1.807) is 0 Å². The number of hydrogen-bond acceptors (Lipinski definition) is 5. The van der Waals surface area contributed by atoms with Gasteiger partial charge in [0.2, 0.25) is 5.91 Å². The van der Waals surface area contributed by atoms with Gasteiger partial charge in [-0.2, -0.15) is 0 Å². The molecule has 1 aromatic heterocycles. The van der Waals surface area contributed by atoms with E-state index in [1.165, 1.54) is 30.3 Å². The van der Waals surface area contributed by atoms with Crippen LogP contribution in [0.2, 0.25) is 0 Å². The van der Waals surface area contributed by atoms with Crippen LogP contribution in [0.5, 0.6) is 0 Å². The Morgan fingerprint density at radius 1 is 1.32 bits per heavy atom. The van der Waals surface area contributed by atoms with E-state index in [4.69, 9.17) is 10.2 Å². The number of aldehydes is 1. The van der Waals surface area contributed by atoms with Crippen LogP contribution in [0.1, 0.15) is 20.9 Å². The third kappa shape index (κ3) is 2.34. The molecule has 0 saturated heterocycles. The molecule has 0 aliphatic heterocycles. The molecule has 0 aliphatic carbocycles. The van der Waals surface area contributed by atoms with Crippen LogP contribution in [0.15, 0.2) is 34.7 Å². The minimum absolute atomic E-state index is 0.0359. The summed E-state index contributed by atoms with van der Waals surface area (Å²) >= 11 is 0. The minimum atomic E-state index is -0.710. The predicted octanol–water partition coefficient (Wildman–Crippen LogP) is 1.77. The maximum Gasteiger partial charge on any atom is 0.280 e. The number of rotatable bonds is 4. The molecule has 0 aliphatic rings. The van der Waals surface area contributed by atoms with Crippen LogP contribution < -0.4 is 5.73 Å². The third-order valence-corrected chi connectivity index (χ3v) is 2.49. The van der Waals surface area contributed by atoms with E-state index in [1.807, 2.05) is 0 Å². The molecule has 0 atom stereocenters. The minimum Gasteiger partial charge on any atom is -0.453 e. The van der Waals surface area contributed by atoms with Gasteiger partial charge < -0.3 is 10.2 Å². The molecule has 7 nitrogen and oxygen atoms in total. The molecule has 1 aromatic carbocycles. The van der Waals surface area contributed by atoms with E-state index in [2.05, 4.69) is 0 Å². The zero-order chi connectivity index (χ0) is 14.0. The lowest BCUT2D eigenvalue weighted by molar-refractivity contribution is -0.384. The highest BCUT2D eigenvalue weighted by Crippen LogP contribution is 2.31. The molecular formula is C12H8N2O5. The van der Waals surface area contributed by atoms with Gasteiger partial charge >= 0.3 is 0 Å². The molecule has 0 bridgehead atoms. The van der Waals surface area contributed by atoms with E-state index < -0.39 is 10.8 Å². The molecule has 19 heavy (non-hydrogen) atoms. The van der Waals surface area contributed by atoms with Crippen molar-refractivity contribution in [1.29, 1.82) is 0 Å². The molecule has 0 saturated carbocycles. The Bertz CT molecular complexity index is 675. The Kier molecular flexibility index (Phi) is 3.11. The summed E-state index contributed by atoms with van der Waals surface area (Å²) in [6.07, 6.45) is 0.479. The molecule has 2 rings (SSSR count). The van der Waals surface area contributed by atoms with Crippen molar-refractivity contribution in [1.82, 2.24) is 0 Å². The Balaban J connectivity index is 2.63. The number of benzene rings is 1. The Hall–Kier alpha value is -2.96. The highest BCUT2D eigenvalue weighted by atomic mass is 16.6. The van der Waals surface area contributed by atoms with E-state index in [9.17, 15) is 19.7 Å². The molecule has 0 unspecified atom stereocenters. The van der Waals surface area contributed by atoms with Crippen molar-refractivity contribution in [2.45, 2.75) is 0 Å². The maximum atomic E-state index is 11.1. The molecule has 2 N–H and O–H groups in total. The topological polar surface area (TPSA) is 116 Å². The first-order valence-corrected chi connectivity index (χ1v) is 5.16. The van der Waals surface area contributed by atoms with Crippen molar-refractivity contribution in [2.24, 2.45) is 5.73 Å². The van der Waals surface area contributed by atoms with Crippen molar-refractivity contribution in [3.63, 3.8) is 0 Å². The Labute approximate surface area is 106 Å². The number of primary amides is 1. The summed E-state index contributed by atoms with van der Waals surface area (Å²) in [4.78, 5) is 32.0. The largest absolute Gasteiger partial charge is 0.453 e. The van der Waals surface area contributed by atoms with Gasteiger partial charge in [-0.15, -0.1) is 0 Å². The predicted molar refractivity (Wildman–Crippen MR) is 64.7 cm³/mol. The van der Waals surface area contributed by atoms with Crippen LogP contribution in [0, 0.1) is 10.1 Å². The van der Waals surface area contributed by atoms with E-state index in [0.29, 0.717) is 6.29 Å². The average molecular weight is 260 g/mol. The summed E-state index contributed by atoms with van der Waals surface area (Å²) in [5.74, 6) is -0.552. The van der Waals surface area contributed by atoms with Crippen molar-refractivity contribution in [2.75, 3.05) is 0 Å². The number of nitrogens with two attached hydrogens (primary N) is 1. The monoisotopic (exact) mass is 260 g/mol. The second-order valence-electron chi connectivity index (χ2n) is 3.67. The number of carbonyl (C=O) groups is 2. The van der Waals surface area contributed by atoms with Gasteiger partial charge in [0.25, 0.3) is 5.69 Å². The van der Waals surface area contributed by atoms with Crippen LogP contribution in [-0.2, 0) is 0 Å². The summed E-state index contributed by atoms with van der Waals surface area (Å²) in [7, 11) is 0. The Morgan fingerprint density at radius 3 is 2.58 bits per heavy atom. The van der Waals surface area contributed by atoms with E-state index in [-0.39, 0.29) is 28.3 Å². The fraction of sp³-hybridized carbons (Fsp3) is 0. The second kappa shape index (κ2) is 4.73. The molecule has 96 valence electrons. The molecule has 0 fully saturated rings. The van der Waals surface area contributed by atoms with E-state index >= 15 is 0 Å². The zero-order valence-electron chi connectivity index (χ0n) is 9.53. The lowest BCUT2D eigenvalue weighted by Crippen LogP contribution is -2.11. The fourth-order valence-corrected chi connectivity index (χ4v) is 1.61. The first kappa shape index (κ1) is 12.5. The number of nitro benzene ring substituents is 1. The van der Waals surface area contributed by atoms with Crippen LogP contribution in [0.25, 0.3) is 11.3 Å². The summed E-state index contributed by atoms with van der Waals surface area (Å²) < 4.78 is 5.12. The lowest BCUT2D eigenvalue weighted by Gasteiger charge is -2.02. The summed E-state index contributed by atoms with van der Waals surface area (Å²) in [5, 5.41) is 10.9. The first-order chi connectivity index (χ1) is 9.02. The van der Waals surface area contributed by atoms with Gasteiger partial charge in [-0.05, 0) is 24.3 Å². The van der Waals surface area contributed by atoms with Gasteiger partial charge in [0.05, 0.1) is 10.5 Å². The average Bonchev–Trinajstić information content (AvgIpc) is 2.86. The molecule has 0 spiro atoms. The van der Waals surface area contributed by atoms with Gasteiger partial charge in [-0.1, -0.05) is 0 Å². The number of hydrogen-bond donors (Lipinski definition) is 1. The molecule has 1 heterocycles. The fourth-order valence-electron chi connectivity index (χ4n) is 1.61. The number of amides is 1. The highest BCUT2D eigenvalue weighted by molar-refractivity contribution is 5.95. The van der Waals surface area contributed by atoms with Crippen molar-refractivity contribution in [3.8, 4) is 11.3 Å². The number of nitro groups is 1. The maximum absolute atomic E-state index is 11.1. The van der Waals surface area contributed by atoms with Gasteiger partial charge in [0.1, 0.15) is 5.76 Å². The zero-order valence-corrected chi connectivity index (χ0v) is 9.53. The molecule has 0 radical (unpaired) electrons. The van der Waals surface area contributed by atoms with Gasteiger partial charge in [0.15, 0.2) is 12.0 Å². The molecular weight excluding hydrogens is 252 g/mol. The quantitative estimate of drug-likeness (QED) is 0.510. The van der Waals surface area contributed by atoms with Gasteiger partial charge in [0, 0.05) is 11.6 Å². The standard InChI is InChI=1S/C12H8N2O5/c13-12(16)7-1-3-10(14(17)18)9(5-7)11-4-2-8(6-15)19-11/h1-6H,(H2,13,16). The van der Waals surface area contributed by atoms with Gasteiger partial charge in [-0.25, -0.2) is 0 Å². The number of carbonyl (C=O) groups excluding carboxylic acids is 2. The SMILES string of the molecule is NC(=O)c1ccc([N+](=O)[O-])c(-c2ccc(C=O)o2)c1. The first-order valence-electron chi connectivity index (χ1n) is 5.16. The molecule has 2 aromatic rings. The Morgan fingerprint density at radius 2 is 2.05 bits per heavy atom. The number of nitrogens with zero attached hydrogens (tertiary/aromatic N) is 1. The summed E-state index contributed by atoms with van der Waals surface area (Å²) in [6, 6.07) is 6.47.